The van der Waals surface area contributed by atoms with E-state index in [1.807, 2.05) is 41.3 Å². The molecule has 0 unspecified atom stereocenters. The standard InChI is InChI=1S/C23H28N4O3/c28-22(10-11-26-13-15-30-16-14-26)24-20-5-7-21(8-6-20)25-23(29)27-12-9-18-3-1-2-4-19(18)17-27/h1-8H,9-17H2,(H,24,28)(H,25,29). The van der Waals surface area contributed by atoms with Gasteiger partial charge in [0.15, 0.2) is 0 Å². The van der Waals surface area contributed by atoms with Crippen molar-refractivity contribution in [3.8, 4) is 0 Å². The molecule has 0 atom stereocenters. The summed E-state index contributed by atoms with van der Waals surface area (Å²) in [6.45, 7) is 5.30. The van der Waals surface area contributed by atoms with Gasteiger partial charge in [0.25, 0.3) is 0 Å². The minimum absolute atomic E-state index is 0.00902. The molecule has 0 bridgehead atoms. The zero-order valence-electron chi connectivity index (χ0n) is 17.1. The lowest BCUT2D eigenvalue weighted by molar-refractivity contribution is -0.116. The summed E-state index contributed by atoms with van der Waals surface area (Å²) in [6, 6.07) is 15.4. The second-order valence-corrected chi connectivity index (χ2v) is 7.70. The predicted molar refractivity (Wildman–Crippen MR) is 117 cm³/mol. The molecule has 3 amide bonds. The minimum Gasteiger partial charge on any atom is -0.379 e. The maximum Gasteiger partial charge on any atom is 0.322 e. The Bertz CT molecular complexity index is 878. The number of nitrogens with one attached hydrogen (secondary N) is 2. The van der Waals surface area contributed by atoms with Crippen LogP contribution in [0.1, 0.15) is 17.5 Å². The summed E-state index contributed by atoms with van der Waals surface area (Å²) in [6.07, 6.45) is 1.33. The van der Waals surface area contributed by atoms with Gasteiger partial charge in [0, 0.05) is 50.5 Å². The Kier molecular flexibility index (Phi) is 6.61. The van der Waals surface area contributed by atoms with Crippen molar-refractivity contribution in [3.05, 3.63) is 59.7 Å². The van der Waals surface area contributed by atoms with E-state index in [0.717, 1.165) is 45.0 Å². The van der Waals surface area contributed by atoms with Gasteiger partial charge >= 0.3 is 6.03 Å². The summed E-state index contributed by atoms with van der Waals surface area (Å²) in [5.41, 5.74) is 3.96. The molecule has 1 fully saturated rings. The van der Waals surface area contributed by atoms with Gasteiger partial charge in [-0.2, -0.15) is 0 Å². The zero-order valence-corrected chi connectivity index (χ0v) is 17.1. The number of fused-ring (bicyclic) bond motifs is 1. The highest BCUT2D eigenvalue weighted by Crippen LogP contribution is 2.20. The molecule has 2 aromatic carbocycles. The van der Waals surface area contributed by atoms with Crippen LogP contribution in [0.2, 0.25) is 0 Å². The molecule has 158 valence electrons. The number of benzene rings is 2. The van der Waals surface area contributed by atoms with Crippen LogP contribution in [0.25, 0.3) is 0 Å². The molecule has 0 aliphatic carbocycles. The summed E-state index contributed by atoms with van der Waals surface area (Å²) >= 11 is 0. The SMILES string of the molecule is O=C(CCN1CCOCC1)Nc1ccc(NC(=O)N2CCc3ccccc3C2)cc1. The minimum atomic E-state index is -0.105. The summed E-state index contributed by atoms with van der Waals surface area (Å²) < 4.78 is 5.32. The highest BCUT2D eigenvalue weighted by molar-refractivity contribution is 5.92. The van der Waals surface area contributed by atoms with Crippen molar-refractivity contribution < 1.29 is 14.3 Å². The fourth-order valence-corrected chi connectivity index (χ4v) is 3.82. The van der Waals surface area contributed by atoms with E-state index in [-0.39, 0.29) is 11.9 Å². The van der Waals surface area contributed by atoms with E-state index in [1.54, 1.807) is 0 Å². The van der Waals surface area contributed by atoms with Gasteiger partial charge < -0.3 is 20.3 Å². The van der Waals surface area contributed by atoms with Crippen molar-refractivity contribution in [1.82, 2.24) is 9.80 Å². The molecule has 0 radical (unpaired) electrons. The van der Waals surface area contributed by atoms with Gasteiger partial charge in [-0.25, -0.2) is 4.79 Å². The number of carbonyl (C=O) groups is 2. The molecule has 2 aliphatic heterocycles. The molecule has 2 heterocycles. The number of urea groups is 1. The maximum atomic E-state index is 12.6. The van der Waals surface area contributed by atoms with E-state index in [0.29, 0.717) is 25.2 Å². The predicted octanol–water partition coefficient (Wildman–Crippen LogP) is 2.94. The van der Waals surface area contributed by atoms with Crippen LogP contribution in [0.4, 0.5) is 16.2 Å². The number of nitrogens with zero attached hydrogens (tertiary/aromatic N) is 2. The Morgan fingerprint density at radius 2 is 1.53 bits per heavy atom. The van der Waals surface area contributed by atoms with Crippen molar-refractivity contribution in [2.75, 3.05) is 50.0 Å². The lowest BCUT2D eigenvalue weighted by atomic mass is 10.0. The smallest absolute Gasteiger partial charge is 0.322 e. The molecule has 2 aromatic rings. The van der Waals surface area contributed by atoms with Crippen LogP contribution in [-0.4, -0.2) is 61.1 Å². The normalized spacial score (nSPS) is 16.6. The fourth-order valence-electron chi connectivity index (χ4n) is 3.82. The highest BCUT2D eigenvalue weighted by atomic mass is 16.5. The first kappa shape index (κ1) is 20.4. The van der Waals surface area contributed by atoms with Crippen LogP contribution in [0.3, 0.4) is 0 Å². The third-order valence-corrected chi connectivity index (χ3v) is 5.60. The van der Waals surface area contributed by atoms with Crippen molar-refractivity contribution in [2.45, 2.75) is 19.4 Å². The second-order valence-electron chi connectivity index (χ2n) is 7.70. The lowest BCUT2D eigenvalue weighted by Gasteiger charge is -2.29. The average Bonchev–Trinajstić information content (AvgIpc) is 2.79. The van der Waals surface area contributed by atoms with Crippen LogP contribution in [0.5, 0.6) is 0 Å². The number of morpholine rings is 1. The Labute approximate surface area is 177 Å². The molecule has 30 heavy (non-hydrogen) atoms. The summed E-state index contributed by atoms with van der Waals surface area (Å²) in [5.74, 6) is -0.00902. The number of rotatable bonds is 5. The molecular formula is C23H28N4O3. The number of hydrogen-bond acceptors (Lipinski definition) is 4. The van der Waals surface area contributed by atoms with E-state index in [4.69, 9.17) is 4.74 Å². The van der Waals surface area contributed by atoms with Gasteiger partial charge in [0.2, 0.25) is 5.91 Å². The van der Waals surface area contributed by atoms with Gasteiger partial charge in [-0.05, 0) is 41.8 Å². The Morgan fingerprint density at radius 1 is 0.867 bits per heavy atom. The quantitative estimate of drug-likeness (QED) is 0.798. The van der Waals surface area contributed by atoms with E-state index in [2.05, 4.69) is 27.7 Å². The molecule has 1 saturated heterocycles. The number of hydrogen-bond donors (Lipinski definition) is 2. The summed E-state index contributed by atoms with van der Waals surface area (Å²) in [5, 5.41) is 5.86. The van der Waals surface area contributed by atoms with Gasteiger partial charge in [0.1, 0.15) is 0 Å². The summed E-state index contributed by atoms with van der Waals surface area (Å²) in [7, 11) is 0. The van der Waals surface area contributed by atoms with Gasteiger partial charge in [-0.3, -0.25) is 9.69 Å². The second kappa shape index (κ2) is 9.73. The first-order valence-corrected chi connectivity index (χ1v) is 10.5. The monoisotopic (exact) mass is 408 g/mol. The molecule has 0 aromatic heterocycles. The van der Waals surface area contributed by atoms with Crippen LogP contribution in [-0.2, 0) is 22.5 Å². The zero-order chi connectivity index (χ0) is 20.8. The van der Waals surface area contributed by atoms with Crippen LogP contribution >= 0.6 is 0 Å². The highest BCUT2D eigenvalue weighted by Gasteiger charge is 2.20. The lowest BCUT2D eigenvalue weighted by Crippen LogP contribution is -2.38. The topological polar surface area (TPSA) is 73.9 Å². The van der Waals surface area contributed by atoms with E-state index in [1.165, 1.54) is 11.1 Å². The van der Waals surface area contributed by atoms with Crippen molar-refractivity contribution in [1.29, 1.82) is 0 Å². The van der Waals surface area contributed by atoms with Crippen LogP contribution in [0.15, 0.2) is 48.5 Å². The van der Waals surface area contributed by atoms with Crippen LogP contribution in [0, 0.1) is 0 Å². The van der Waals surface area contributed by atoms with E-state index < -0.39 is 0 Å². The Balaban J connectivity index is 1.24. The Hall–Kier alpha value is -2.90. The van der Waals surface area contributed by atoms with Crippen molar-refractivity contribution in [2.24, 2.45) is 0 Å². The maximum absolute atomic E-state index is 12.6. The van der Waals surface area contributed by atoms with E-state index in [9.17, 15) is 9.59 Å². The number of ether oxygens (including phenoxy) is 1. The molecular weight excluding hydrogens is 380 g/mol. The molecule has 4 rings (SSSR count). The number of amides is 3. The molecule has 0 saturated carbocycles. The summed E-state index contributed by atoms with van der Waals surface area (Å²) in [4.78, 5) is 28.8. The van der Waals surface area contributed by atoms with Crippen LogP contribution < -0.4 is 10.6 Å². The van der Waals surface area contributed by atoms with E-state index >= 15 is 0 Å². The molecule has 0 spiro atoms. The van der Waals surface area contributed by atoms with Crippen molar-refractivity contribution in [3.63, 3.8) is 0 Å². The largest absolute Gasteiger partial charge is 0.379 e. The number of anilines is 2. The van der Waals surface area contributed by atoms with Gasteiger partial charge in [0.05, 0.1) is 13.2 Å². The number of carbonyl (C=O) groups excluding carboxylic acids is 2. The first-order valence-electron chi connectivity index (χ1n) is 10.5. The van der Waals surface area contributed by atoms with Gasteiger partial charge in [-0.1, -0.05) is 24.3 Å². The first-order chi connectivity index (χ1) is 14.7. The van der Waals surface area contributed by atoms with Crippen molar-refractivity contribution >= 4 is 23.3 Å². The molecule has 2 aliphatic rings. The third kappa shape index (κ3) is 5.37. The molecule has 2 N–H and O–H groups in total. The van der Waals surface area contributed by atoms with Gasteiger partial charge in [-0.15, -0.1) is 0 Å². The fraction of sp³-hybridized carbons (Fsp3) is 0.391. The Morgan fingerprint density at radius 3 is 2.27 bits per heavy atom. The molecule has 7 heteroatoms. The third-order valence-electron chi connectivity index (χ3n) is 5.60. The average molecular weight is 409 g/mol. The molecule has 7 nitrogen and oxygen atoms in total.